The van der Waals surface area contributed by atoms with Crippen molar-refractivity contribution in [1.29, 1.82) is 5.26 Å². The summed E-state index contributed by atoms with van der Waals surface area (Å²) in [5.74, 6) is 0.860. The first-order valence-corrected chi connectivity index (χ1v) is 10.2. The van der Waals surface area contributed by atoms with Gasteiger partial charge < -0.3 is 5.32 Å². The van der Waals surface area contributed by atoms with E-state index in [9.17, 15) is 10.1 Å². The number of fused-ring (bicyclic) bond motifs is 1. The average molecular weight is 368 g/mol. The van der Waals surface area contributed by atoms with Crippen molar-refractivity contribution in [3.05, 3.63) is 34.9 Å². The van der Waals surface area contributed by atoms with Gasteiger partial charge >= 0.3 is 0 Å². The molecule has 2 aromatic rings. The Balaban J connectivity index is 1.73. The monoisotopic (exact) mass is 367 g/mol. The van der Waals surface area contributed by atoms with Gasteiger partial charge in [-0.3, -0.25) is 4.79 Å². The summed E-state index contributed by atoms with van der Waals surface area (Å²) < 4.78 is 0. The van der Waals surface area contributed by atoms with E-state index < -0.39 is 0 Å². The lowest BCUT2D eigenvalue weighted by molar-refractivity contribution is -0.119. The Hall–Kier alpha value is -2.06. The average Bonchev–Trinajstić information content (AvgIpc) is 2.61. The highest BCUT2D eigenvalue weighted by atomic mass is 32.2. The van der Waals surface area contributed by atoms with Crippen molar-refractivity contribution in [2.24, 2.45) is 5.92 Å². The molecule has 1 fully saturated rings. The third kappa shape index (κ3) is 4.19. The molecular formula is C21H25N3OS. The van der Waals surface area contributed by atoms with Crippen LogP contribution in [-0.4, -0.2) is 22.7 Å². The molecule has 1 aromatic heterocycles. The van der Waals surface area contributed by atoms with Crippen LogP contribution in [0, 0.1) is 31.1 Å². The Morgan fingerprint density at radius 2 is 2.08 bits per heavy atom. The van der Waals surface area contributed by atoms with Crippen molar-refractivity contribution in [2.45, 2.75) is 57.5 Å². The van der Waals surface area contributed by atoms with Gasteiger partial charge in [0, 0.05) is 11.4 Å². The van der Waals surface area contributed by atoms with Gasteiger partial charge in [-0.05, 0) is 50.3 Å². The molecule has 0 spiro atoms. The van der Waals surface area contributed by atoms with Crippen molar-refractivity contribution in [1.82, 2.24) is 10.3 Å². The Kier molecular flexibility index (Phi) is 5.83. The van der Waals surface area contributed by atoms with E-state index >= 15 is 0 Å². The summed E-state index contributed by atoms with van der Waals surface area (Å²) in [6.45, 7) is 6.28. The van der Waals surface area contributed by atoms with Crippen molar-refractivity contribution >= 4 is 28.6 Å². The molecule has 0 unspecified atom stereocenters. The van der Waals surface area contributed by atoms with Crippen LogP contribution in [0.15, 0.2) is 23.2 Å². The van der Waals surface area contributed by atoms with E-state index in [0.717, 1.165) is 28.5 Å². The number of thioether (sulfide) groups is 1. The van der Waals surface area contributed by atoms with Crippen molar-refractivity contribution in [3.63, 3.8) is 0 Å². The molecule has 1 aliphatic carbocycles. The maximum absolute atomic E-state index is 12.4. The first kappa shape index (κ1) is 18.7. The number of carbonyl (C=O) groups excluding carboxylic acids is 1. The van der Waals surface area contributed by atoms with Gasteiger partial charge in [0.15, 0.2) is 0 Å². The fourth-order valence-corrected chi connectivity index (χ4v) is 4.50. The van der Waals surface area contributed by atoms with Crippen LogP contribution >= 0.6 is 11.8 Å². The second-order valence-electron chi connectivity index (χ2n) is 7.33. The highest BCUT2D eigenvalue weighted by Gasteiger charge is 2.23. The van der Waals surface area contributed by atoms with E-state index in [2.05, 4.69) is 29.4 Å². The minimum atomic E-state index is 0.0279. The van der Waals surface area contributed by atoms with E-state index in [1.807, 2.05) is 26.0 Å². The smallest absolute Gasteiger partial charge is 0.230 e. The Morgan fingerprint density at radius 1 is 1.31 bits per heavy atom. The summed E-state index contributed by atoms with van der Waals surface area (Å²) in [4.78, 5) is 17.0. The quantitative estimate of drug-likeness (QED) is 0.808. The van der Waals surface area contributed by atoms with Gasteiger partial charge in [0.1, 0.15) is 11.1 Å². The molecule has 136 valence electrons. The number of amides is 1. The van der Waals surface area contributed by atoms with Crippen LogP contribution < -0.4 is 5.32 Å². The second-order valence-corrected chi connectivity index (χ2v) is 8.29. The molecule has 1 amide bonds. The topological polar surface area (TPSA) is 65.8 Å². The molecule has 26 heavy (non-hydrogen) atoms. The molecule has 2 atom stereocenters. The molecule has 0 saturated heterocycles. The highest BCUT2D eigenvalue weighted by molar-refractivity contribution is 8.00. The number of pyridine rings is 1. The largest absolute Gasteiger partial charge is 0.352 e. The van der Waals surface area contributed by atoms with Gasteiger partial charge in [0.05, 0.1) is 16.8 Å². The van der Waals surface area contributed by atoms with Gasteiger partial charge in [-0.2, -0.15) is 5.26 Å². The molecule has 5 heteroatoms. The highest BCUT2D eigenvalue weighted by Crippen LogP contribution is 2.28. The first-order valence-electron chi connectivity index (χ1n) is 9.22. The number of nitriles is 1. The summed E-state index contributed by atoms with van der Waals surface area (Å²) in [5, 5.41) is 14.2. The number of hydrogen-bond donors (Lipinski definition) is 1. The maximum Gasteiger partial charge on any atom is 0.230 e. The molecule has 0 aliphatic heterocycles. The van der Waals surface area contributed by atoms with Crippen molar-refractivity contribution < 1.29 is 4.79 Å². The predicted octanol–water partition coefficient (Wildman–Crippen LogP) is 4.51. The molecule has 1 N–H and O–H groups in total. The molecule has 0 bridgehead atoms. The standard InChI is InChI=1S/C21H25N3OS/c1-13-8-15(3)20-16(9-13)10-17(11-22)21(24-20)26-12-19(25)23-18-7-5-4-6-14(18)2/h8-10,14,18H,4-7,12H2,1-3H3,(H,23,25)/t14-,18+/m1/s1. The van der Waals surface area contributed by atoms with E-state index in [0.29, 0.717) is 22.3 Å². The van der Waals surface area contributed by atoms with Crippen LogP contribution in [0.25, 0.3) is 10.9 Å². The third-order valence-electron chi connectivity index (χ3n) is 5.14. The van der Waals surface area contributed by atoms with Crippen molar-refractivity contribution in [2.75, 3.05) is 5.75 Å². The van der Waals surface area contributed by atoms with Crippen LogP contribution in [0.1, 0.15) is 49.3 Å². The van der Waals surface area contributed by atoms with Gasteiger partial charge in [0.25, 0.3) is 0 Å². The number of benzene rings is 1. The van der Waals surface area contributed by atoms with Gasteiger partial charge in [-0.1, -0.05) is 43.2 Å². The van der Waals surface area contributed by atoms with E-state index in [4.69, 9.17) is 0 Å². The molecule has 4 nitrogen and oxygen atoms in total. The third-order valence-corrected chi connectivity index (χ3v) is 6.13. The molecule has 1 heterocycles. The van der Waals surface area contributed by atoms with Gasteiger partial charge in [-0.15, -0.1) is 0 Å². The molecule has 0 radical (unpaired) electrons. The summed E-state index contributed by atoms with van der Waals surface area (Å²) >= 11 is 1.35. The van der Waals surface area contributed by atoms with Crippen molar-refractivity contribution in [3.8, 4) is 6.07 Å². The fourth-order valence-electron chi connectivity index (χ4n) is 3.74. The molecule has 1 aliphatic rings. The van der Waals surface area contributed by atoms with Crippen LogP contribution in [0.5, 0.6) is 0 Å². The SMILES string of the molecule is Cc1cc(C)c2nc(SCC(=O)N[C@H]3CCCC[C@H]3C)c(C#N)cc2c1. The summed E-state index contributed by atoms with van der Waals surface area (Å²) in [6.07, 6.45) is 4.69. The van der Waals surface area contributed by atoms with Crippen LogP contribution in [0.3, 0.4) is 0 Å². The Morgan fingerprint density at radius 3 is 2.81 bits per heavy atom. The van der Waals surface area contributed by atoms with E-state index in [-0.39, 0.29) is 11.9 Å². The minimum absolute atomic E-state index is 0.0279. The fraction of sp³-hybridized carbons (Fsp3) is 0.476. The van der Waals surface area contributed by atoms with E-state index in [1.54, 1.807) is 0 Å². The van der Waals surface area contributed by atoms with E-state index in [1.165, 1.54) is 31.0 Å². The summed E-state index contributed by atoms with van der Waals surface area (Å²) in [7, 11) is 0. The molecular weight excluding hydrogens is 342 g/mol. The number of hydrogen-bond acceptors (Lipinski definition) is 4. The van der Waals surface area contributed by atoms with Gasteiger partial charge in [0.2, 0.25) is 5.91 Å². The molecule has 1 aromatic carbocycles. The zero-order chi connectivity index (χ0) is 18.7. The summed E-state index contributed by atoms with van der Waals surface area (Å²) in [5.41, 5.74) is 3.68. The Labute approximate surface area is 159 Å². The number of aryl methyl sites for hydroxylation is 2. The number of carbonyl (C=O) groups is 1. The van der Waals surface area contributed by atoms with Crippen LogP contribution in [-0.2, 0) is 4.79 Å². The zero-order valence-electron chi connectivity index (χ0n) is 15.6. The maximum atomic E-state index is 12.4. The number of nitrogens with zero attached hydrogens (tertiary/aromatic N) is 2. The first-order chi connectivity index (χ1) is 12.5. The molecule has 3 rings (SSSR count). The van der Waals surface area contributed by atoms with Gasteiger partial charge in [-0.25, -0.2) is 4.98 Å². The number of nitrogens with one attached hydrogen (secondary N) is 1. The predicted molar refractivity (Wildman–Crippen MR) is 106 cm³/mol. The zero-order valence-corrected chi connectivity index (χ0v) is 16.4. The lowest BCUT2D eigenvalue weighted by Gasteiger charge is -2.29. The molecule has 1 saturated carbocycles. The van der Waals surface area contributed by atoms with Crippen LogP contribution in [0.2, 0.25) is 0 Å². The lowest BCUT2D eigenvalue weighted by atomic mass is 9.86. The minimum Gasteiger partial charge on any atom is -0.352 e. The van der Waals surface area contributed by atoms with Crippen LogP contribution in [0.4, 0.5) is 0 Å². The Bertz CT molecular complexity index is 872. The normalized spacial score (nSPS) is 19.9. The second kappa shape index (κ2) is 8.09. The number of aromatic nitrogens is 1. The number of rotatable bonds is 4. The lowest BCUT2D eigenvalue weighted by Crippen LogP contribution is -2.41. The summed E-state index contributed by atoms with van der Waals surface area (Å²) in [6, 6.07) is 8.52.